The maximum atomic E-state index is 9.88. The molecular weight excluding hydrogens is 390 g/mol. The van der Waals surface area contributed by atoms with Gasteiger partial charge in [0.1, 0.15) is 11.8 Å². The highest BCUT2D eigenvalue weighted by molar-refractivity contribution is 5.77. The Morgan fingerprint density at radius 2 is 1.81 bits per heavy atom. The van der Waals surface area contributed by atoms with Crippen LogP contribution < -0.4 is 9.64 Å². The van der Waals surface area contributed by atoms with Gasteiger partial charge in [-0.05, 0) is 24.3 Å². The third kappa shape index (κ3) is 4.49. The van der Waals surface area contributed by atoms with Gasteiger partial charge in [0.25, 0.3) is 0 Å². The summed E-state index contributed by atoms with van der Waals surface area (Å²) in [4.78, 5) is 2.13. The highest BCUT2D eigenvalue weighted by Crippen LogP contribution is 2.25. The lowest BCUT2D eigenvalue weighted by atomic mass is 10.1. The summed E-state index contributed by atoms with van der Waals surface area (Å²) in [7, 11) is 1.64. The van der Waals surface area contributed by atoms with E-state index in [0.29, 0.717) is 30.6 Å². The molecular formula is C24H23N5O2. The number of benzene rings is 2. The molecule has 7 nitrogen and oxygen atoms in total. The zero-order chi connectivity index (χ0) is 21.5. The third-order valence-corrected chi connectivity index (χ3v) is 4.99. The third-order valence-electron chi connectivity index (χ3n) is 4.99. The largest absolute Gasteiger partial charge is 0.496 e. The average molecular weight is 413 g/mol. The van der Waals surface area contributed by atoms with E-state index in [2.05, 4.69) is 21.2 Å². The van der Waals surface area contributed by atoms with Crippen LogP contribution >= 0.6 is 0 Å². The molecule has 31 heavy (non-hydrogen) atoms. The molecule has 7 heteroatoms. The first kappa shape index (κ1) is 20.4. The number of para-hydroxylation sites is 2. The molecule has 3 aromatic rings. The van der Waals surface area contributed by atoms with Crippen LogP contribution in [0.25, 0.3) is 17.3 Å². The van der Waals surface area contributed by atoms with E-state index in [9.17, 15) is 5.26 Å². The van der Waals surface area contributed by atoms with Crippen molar-refractivity contribution in [2.24, 2.45) is 0 Å². The van der Waals surface area contributed by atoms with Gasteiger partial charge in [0.05, 0.1) is 31.6 Å². The van der Waals surface area contributed by atoms with Crippen LogP contribution in [0, 0.1) is 11.3 Å². The van der Waals surface area contributed by atoms with Crippen LogP contribution in [0.15, 0.2) is 66.7 Å². The summed E-state index contributed by atoms with van der Waals surface area (Å²) in [5.74, 6) is 1.98. The fourth-order valence-electron chi connectivity index (χ4n) is 3.45. The number of methoxy groups -OCH3 is 1. The number of rotatable bonds is 6. The standard InChI is InChI=1S/C24H23N5O2/c1-30-22-13-6-5-8-19(22)9-7-10-20(18-25)23-26-27-24(28-14-16-31-17-15-28)29(23)21-11-3-2-4-12-21/h2-13H,14-17H2,1H3/b9-7+,20-10+. The van der Waals surface area contributed by atoms with Crippen molar-refractivity contribution in [2.45, 2.75) is 0 Å². The Kier molecular flexibility index (Phi) is 6.41. The highest BCUT2D eigenvalue weighted by Gasteiger charge is 2.23. The monoisotopic (exact) mass is 413 g/mol. The molecule has 1 fully saturated rings. The van der Waals surface area contributed by atoms with Crippen LogP contribution in [-0.2, 0) is 4.74 Å². The van der Waals surface area contributed by atoms with Crippen molar-refractivity contribution in [3.63, 3.8) is 0 Å². The van der Waals surface area contributed by atoms with Gasteiger partial charge in [0.2, 0.25) is 5.95 Å². The van der Waals surface area contributed by atoms with Crippen LogP contribution in [0.5, 0.6) is 5.75 Å². The number of morpholine rings is 1. The number of anilines is 1. The van der Waals surface area contributed by atoms with Crippen LogP contribution in [0.3, 0.4) is 0 Å². The summed E-state index contributed by atoms with van der Waals surface area (Å²) in [6.45, 7) is 2.73. The van der Waals surface area contributed by atoms with Gasteiger partial charge < -0.3 is 14.4 Å². The minimum atomic E-state index is 0.419. The maximum absolute atomic E-state index is 9.88. The second-order valence-corrected chi connectivity index (χ2v) is 6.89. The quantitative estimate of drug-likeness (QED) is 0.453. The van der Waals surface area contributed by atoms with E-state index in [1.165, 1.54) is 0 Å². The summed E-state index contributed by atoms with van der Waals surface area (Å²) < 4.78 is 12.8. The molecule has 0 aliphatic carbocycles. The molecule has 2 aromatic carbocycles. The van der Waals surface area contributed by atoms with E-state index in [1.54, 1.807) is 13.2 Å². The molecule has 1 aliphatic heterocycles. The molecule has 1 saturated heterocycles. The minimum absolute atomic E-state index is 0.419. The van der Waals surface area contributed by atoms with Gasteiger partial charge >= 0.3 is 0 Å². The Hall–Kier alpha value is -3.89. The lowest BCUT2D eigenvalue weighted by molar-refractivity contribution is 0.122. The van der Waals surface area contributed by atoms with E-state index in [0.717, 1.165) is 30.1 Å². The Bertz CT molecular complexity index is 1120. The number of nitrogens with zero attached hydrogens (tertiary/aromatic N) is 5. The fraction of sp³-hybridized carbons (Fsp3) is 0.208. The second kappa shape index (κ2) is 9.74. The molecule has 0 bridgehead atoms. The van der Waals surface area contributed by atoms with Crippen LogP contribution in [-0.4, -0.2) is 48.2 Å². The van der Waals surface area contributed by atoms with Gasteiger partial charge in [-0.25, -0.2) is 0 Å². The predicted octanol–water partition coefficient (Wildman–Crippen LogP) is 3.73. The van der Waals surface area contributed by atoms with Gasteiger partial charge in [0.15, 0.2) is 5.82 Å². The molecule has 156 valence electrons. The van der Waals surface area contributed by atoms with Crippen LogP contribution in [0.2, 0.25) is 0 Å². The van der Waals surface area contributed by atoms with E-state index in [4.69, 9.17) is 9.47 Å². The number of ether oxygens (including phenoxy) is 2. The normalized spacial score (nSPS) is 14.6. The molecule has 2 heterocycles. The molecule has 1 aromatic heterocycles. The summed E-state index contributed by atoms with van der Waals surface area (Å²) in [6.07, 6.45) is 5.48. The minimum Gasteiger partial charge on any atom is -0.496 e. The highest BCUT2D eigenvalue weighted by atomic mass is 16.5. The van der Waals surface area contributed by atoms with E-state index in [-0.39, 0.29) is 0 Å². The Labute approximate surface area is 181 Å². The zero-order valence-electron chi connectivity index (χ0n) is 17.3. The molecule has 0 atom stereocenters. The molecule has 0 amide bonds. The smallest absolute Gasteiger partial charge is 0.232 e. The number of allylic oxidation sites excluding steroid dienone is 3. The van der Waals surface area contributed by atoms with Gasteiger partial charge in [-0.1, -0.05) is 48.6 Å². The SMILES string of the molecule is COc1ccccc1/C=C/C=C(\C#N)c1nnc(N2CCOCC2)n1-c1ccccc1. The van der Waals surface area contributed by atoms with Gasteiger partial charge in [-0.15, -0.1) is 10.2 Å². The summed E-state index contributed by atoms with van der Waals surface area (Å²) in [5.41, 5.74) is 2.25. The summed E-state index contributed by atoms with van der Waals surface area (Å²) in [5, 5.41) is 18.7. The lowest BCUT2D eigenvalue weighted by Crippen LogP contribution is -2.38. The van der Waals surface area contributed by atoms with E-state index in [1.807, 2.05) is 71.3 Å². The van der Waals surface area contributed by atoms with Gasteiger partial charge in [-0.3, -0.25) is 4.57 Å². The molecule has 0 radical (unpaired) electrons. The topological polar surface area (TPSA) is 76.2 Å². The molecule has 0 unspecified atom stereocenters. The van der Waals surface area contributed by atoms with Crippen molar-refractivity contribution < 1.29 is 9.47 Å². The van der Waals surface area contributed by atoms with Crippen molar-refractivity contribution in [3.8, 4) is 17.5 Å². The fourth-order valence-corrected chi connectivity index (χ4v) is 3.45. The molecule has 0 saturated carbocycles. The van der Waals surface area contributed by atoms with Crippen LogP contribution in [0.4, 0.5) is 5.95 Å². The first-order valence-electron chi connectivity index (χ1n) is 10.1. The summed E-state index contributed by atoms with van der Waals surface area (Å²) in [6, 6.07) is 19.8. The first-order chi connectivity index (χ1) is 15.3. The lowest BCUT2D eigenvalue weighted by Gasteiger charge is -2.28. The van der Waals surface area contributed by atoms with Gasteiger partial charge in [0, 0.05) is 18.7 Å². The first-order valence-corrected chi connectivity index (χ1v) is 10.1. The molecule has 0 N–H and O–H groups in total. The van der Waals surface area contributed by atoms with Crippen molar-refractivity contribution in [2.75, 3.05) is 38.3 Å². The molecule has 1 aliphatic rings. The van der Waals surface area contributed by atoms with Crippen molar-refractivity contribution in [3.05, 3.63) is 78.1 Å². The maximum Gasteiger partial charge on any atom is 0.232 e. The predicted molar refractivity (Wildman–Crippen MR) is 120 cm³/mol. The Morgan fingerprint density at radius 3 is 2.55 bits per heavy atom. The Balaban J connectivity index is 1.73. The van der Waals surface area contributed by atoms with Crippen molar-refractivity contribution >= 4 is 17.6 Å². The van der Waals surface area contributed by atoms with E-state index >= 15 is 0 Å². The number of hydrogen-bond donors (Lipinski definition) is 0. The van der Waals surface area contributed by atoms with Crippen LogP contribution in [0.1, 0.15) is 11.4 Å². The number of nitriles is 1. The molecule has 4 rings (SSSR count). The Morgan fingerprint density at radius 1 is 1.06 bits per heavy atom. The molecule has 0 spiro atoms. The average Bonchev–Trinajstić information content (AvgIpc) is 3.28. The zero-order valence-corrected chi connectivity index (χ0v) is 17.3. The van der Waals surface area contributed by atoms with E-state index < -0.39 is 0 Å². The number of aromatic nitrogens is 3. The van der Waals surface area contributed by atoms with Crippen molar-refractivity contribution in [1.29, 1.82) is 5.26 Å². The number of hydrogen-bond acceptors (Lipinski definition) is 6. The second-order valence-electron chi connectivity index (χ2n) is 6.89. The summed E-state index contributed by atoms with van der Waals surface area (Å²) >= 11 is 0. The van der Waals surface area contributed by atoms with Crippen molar-refractivity contribution in [1.82, 2.24) is 14.8 Å². The van der Waals surface area contributed by atoms with Gasteiger partial charge in [-0.2, -0.15) is 5.26 Å².